The fourth-order valence-corrected chi connectivity index (χ4v) is 4.50. The van der Waals surface area contributed by atoms with Crippen molar-refractivity contribution < 1.29 is 9.47 Å². The van der Waals surface area contributed by atoms with E-state index in [0.717, 1.165) is 24.5 Å². The molecule has 0 bridgehead atoms. The lowest BCUT2D eigenvalue weighted by Gasteiger charge is -2.44. The molecule has 0 unspecified atom stereocenters. The molecule has 0 N–H and O–H groups in total. The fraction of sp³-hybridized carbons (Fsp3) is 0.579. The molecule has 0 saturated heterocycles. The SMILES string of the molecule is COc1cc2c(cc1OC)CN1CCC3=C(CCCC3)[C@@H]1C2. The van der Waals surface area contributed by atoms with E-state index in [2.05, 4.69) is 17.0 Å². The zero-order chi connectivity index (χ0) is 15.1. The van der Waals surface area contributed by atoms with Gasteiger partial charge in [0.25, 0.3) is 0 Å². The van der Waals surface area contributed by atoms with Gasteiger partial charge in [-0.2, -0.15) is 0 Å². The van der Waals surface area contributed by atoms with Crippen LogP contribution in [0.2, 0.25) is 0 Å². The van der Waals surface area contributed by atoms with Gasteiger partial charge >= 0.3 is 0 Å². The predicted octanol–water partition coefficient (Wildman–Crippen LogP) is 3.70. The van der Waals surface area contributed by atoms with Gasteiger partial charge in [-0.1, -0.05) is 11.1 Å². The number of fused-ring (bicyclic) bond motifs is 3. The molecule has 0 spiro atoms. The number of nitrogens with zero attached hydrogens (tertiary/aromatic N) is 1. The van der Waals surface area contributed by atoms with Crippen molar-refractivity contribution in [1.82, 2.24) is 4.90 Å². The summed E-state index contributed by atoms with van der Waals surface area (Å²) in [5.74, 6) is 1.72. The van der Waals surface area contributed by atoms with E-state index in [-0.39, 0.29) is 0 Å². The minimum absolute atomic E-state index is 0.634. The Morgan fingerprint density at radius 1 is 0.955 bits per heavy atom. The van der Waals surface area contributed by atoms with Crippen molar-refractivity contribution in [2.75, 3.05) is 20.8 Å². The molecule has 118 valence electrons. The van der Waals surface area contributed by atoms with Crippen LogP contribution in [0, 0.1) is 0 Å². The first kappa shape index (κ1) is 14.1. The maximum Gasteiger partial charge on any atom is 0.161 e. The molecule has 0 amide bonds. The molecule has 1 atom stereocenters. The molecule has 1 aromatic rings. The molecule has 3 aliphatic rings. The van der Waals surface area contributed by atoms with Gasteiger partial charge in [-0.3, -0.25) is 4.90 Å². The Morgan fingerprint density at radius 3 is 2.45 bits per heavy atom. The molecule has 0 saturated carbocycles. The van der Waals surface area contributed by atoms with Crippen LogP contribution in [0.25, 0.3) is 0 Å². The molecule has 22 heavy (non-hydrogen) atoms. The smallest absolute Gasteiger partial charge is 0.161 e. The summed E-state index contributed by atoms with van der Waals surface area (Å²) in [6.07, 6.45) is 7.86. The number of rotatable bonds is 2. The van der Waals surface area contributed by atoms with Crippen molar-refractivity contribution in [3.8, 4) is 11.5 Å². The third kappa shape index (κ3) is 2.23. The van der Waals surface area contributed by atoms with E-state index in [0.29, 0.717) is 6.04 Å². The first-order chi connectivity index (χ1) is 10.8. The average Bonchev–Trinajstić information content (AvgIpc) is 2.58. The fourth-order valence-electron chi connectivity index (χ4n) is 4.50. The number of benzene rings is 1. The normalized spacial score (nSPS) is 24.4. The lowest BCUT2D eigenvalue weighted by atomic mass is 9.78. The lowest BCUT2D eigenvalue weighted by molar-refractivity contribution is 0.175. The van der Waals surface area contributed by atoms with E-state index >= 15 is 0 Å². The van der Waals surface area contributed by atoms with E-state index in [9.17, 15) is 0 Å². The van der Waals surface area contributed by atoms with Crippen LogP contribution in [0.15, 0.2) is 23.3 Å². The molecule has 2 aliphatic heterocycles. The van der Waals surface area contributed by atoms with E-state index < -0.39 is 0 Å². The summed E-state index contributed by atoms with van der Waals surface area (Å²) in [5, 5.41) is 0. The maximum atomic E-state index is 5.49. The molecule has 0 aromatic heterocycles. The number of ether oxygens (including phenoxy) is 2. The van der Waals surface area contributed by atoms with Crippen LogP contribution < -0.4 is 9.47 Å². The molecule has 0 fully saturated rings. The van der Waals surface area contributed by atoms with Crippen LogP contribution in [-0.4, -0.2) is 31.7 Å². The Bertz CT molecular complexity index is 620. The number of hydrogen-bond acceptors (Lipinski definition) is 3. The molecule has 1 aliphatic carbocycles. The largest absolute Gasteiger partial charge is 0.493 e. The summed E-state index contributed by atoms with van der Waals surface area (Å²) in [4.78, 5) is 2.68. The molecule has 1 aromatic carbocycles. The van der Waals surface area contributed by atoms with Crippen molar-refractivity contribution in [3.05, 3.63) is 34.4 Å². The molecule has 2 heterocycles. The lowest BCUT2D eigenvalue weighted by Crippen LogP contribution is -2.45. The van der Waals surface area contributed by atoms with Crippen LogP contribution in [-0.2, 0) is 13.0 Å². The summed E-state index contributed by atoms with van der Waals surface area (Å²) in [6, 6.07) is 5.01. The maximum absolute atomic E-state index is 5.49. The Balaban J connectivity index is 1.70. The molecule has 3 heteroatoms. The van der Waals surface area contributed by atoms with Crippen LogP contribution in [0.3, 0.4) is 0 Å². The highest BCUT2D eigenvalue weighted by Crippen LogP contribution is 2.41. The van der Waals surface area contributed by atoms with Crippen molar-refractivity contribution >= 4 is 0 Å². The minimum Gasteiger partial charge on any atom is -0.493 e. The quantitative estimate of drug-likeness (QED) is 0.777. The molecule has 0 radical (unpaired) electrons. The van der Waals surface area contributed by atoms with Gasteiger partial charge < -0.3 is 9.47 Å². The molecule has 3 nitrogen and oxygen atoms in total. The highest BCUT2D eigenvalue weighted by molar-refractivity contribution is 5.49. The number of hydrogen-bond donors (Lipinski definition) is 0. The average molecular weight is 299 g/mol. The van der Waals surface area contributed by atoms with Gasteiger partial charge in [-0.25, -0.2) is 0 Å². The van der Waals surface area contributed by atoms with Crippen molar-refractivity contribution in [2.24, 2.45) is 0 Å². The van der Waals surface area contributed by atoms with Crippen LogP contribution in [0.5, 0.6) is 11.5 Å². The topological polar surface area (TPSA) is 21.7 Å². The third-order valence-corrected chi connectivity index (χ3v) is 5.67. The van der Waals surface area contributed by atoms with Gasteiger partial charge in [0.05, 0.1) is 14.2 Å². The standard InChI is InChI=1S/C19H25NO2/c1-21-18-10-14-9-17-16-6-4-3-5-13(16)7-8-20(17)12-15(14)11-19(18)22-2/h10-11,17H,3-9,12H2,1-2H3/t17-/m0/s1. The summed E-state index contributed by atoms with van der Waals surface area (Å²) >= 11 is 0. The van der Waals surface area contributed by atoms with E-state index in [1.807, 2.05) is 0 Å². The van der Waals surface area contributed by atoms with Gasteiger partial charge in [-0.05, 0) is 61.8 Å². The van der Waals surface area contributed by atoms with Gasteiger partial charge in [0.2, 0.25) is 0 Å². The summed E-state index contributed by atoms with van der Waals surface area (Å²) in [6.45, 7) is 2.27. The van der Waals surface area contributed by atoms with E-state index in [1.165, 1.54) is 49.8 Å². The second-order valence-corrected chi connectivity index (χ2v) is 6.75. The summed E-state index contributed by atoms with van der Waals surface area (Å²) < 4.78 is 11.0. The first-order valence-corrected chi connectivity index (χ1v) is 8.48. The van der Waals surface area contributed by atoms with Gasteiger partial charge in [0.15, 0.2) is 11.5 Å². The number of methoxy groups -OCH3 is 2. The van der Waals surface area contributed by atoms with Gasteiger partial charge in [0, 0.05) is 19.1 Å². The van der Waals surface area contributed by atoms with Crippen molar-refractivity contribution in [2.45, 2.75) is 51.1 Å². The summed E-state index contributed by atoms with van der Waals surface area (Å²) in [7, 11) is 3.44. The second kappa shape index (κ2) is 5.62. The monoisotopic (exact) mass is 299 g/mol. The predicted molar refractivity (Wildman–Crippen MR) is 87.6 cm³/mol. The zero-order valence-corrected chi connectivity index (χ0v) is 13.7. The van der Waals surface area contributed by atoms with Crippen LogP contribution in [0.1, 0.15) is 43.2 Å². The van der Waals surface area contributed by atoms with Crippen LogP contribution in [0.4, 0.5) is 0 Å². The molecular weight excluding hydrogens is 274 g/mol. The third-order valence-electron chi connectivity index (χ3n) is 5.67. The minimum atomic E-state index is 0.634. The van der Waals surface area contributed by atoms with Gasteiger partial charge in [0.1, 0.15) is 0 Å². The molecule has 4 rings (SSSR count). The van der Waals surface area contributed by atoms with Crippen molar-refractivity contribution in [3.63, 3.8) is 0 Å². The zero-order valence-electron chi connectivity index (χ0n) is 13.7. The highest BCUT2D eigenvalue weighted by atomic mass is 16.5. The highest BCUT2D eigenvalue weighted by Gasteiger charge is 2.34. The Hall–Kier alpha value is -1.48. The van der Waals surface area contributed by atoms with Crippen molar-refractivity contribution in [1.29, 1.82) is 0 Å². The summed E-state index contributed by atoms with van der Waals surface area (Å²) in [5.41, 5.74) is 6.39. The first-order valence-electron chi connectivity index (χ1n) is 8.48. The molecular formula is C19H25NO2. The second-order valence-electron chi connectivity index (χ2n) is 6.75. The Kier molecular flexibility index (Phi) is 3.61. The Labute approximate surface area is 132 Å². The van der Waals surface area contributed by atoms with Gasteiger partial charge in [-0.15, -0.1) is 0 Å². The Morgan fingerprint density at radius 2 is 1.68 bits per heavy atom. The van der Waals surface area contributed by atoms with E-state index in [1.54, 1.807) is 25.4 Å². The van der Waals surface area contributed by atoms with Crippen LogP contribution >= 0.6 is 0 Å². The van der Waals surface area contributed by atoms with E-state index in [4.69, 9.17) is 9.47 Å².